The number of carbonyl (C=O) groups excluding carboxylic acids is 2. The smallest absolute Gasteiger partial charge is 0.300 e. The number of carbonyl (C=O) groups is 2. The van der Waals surface area contributed by atoms with Crippen LogP contribution in [0.2, 0.25) is 5.02 Å². The number of nitrogens with zero attached hydrogens (tertiary/aromatic N) is 1. The summed E-state index contributed by atoms with van der Waals surface area (Å²) in [5.41, 5.74) is 5.11. The van der Waals surface area contributed by atoms with Crippen molar-refractivity contribution >= 4 is 45.6 Å². The summed E-state index contributed by atoms with van der Waals surface area (Å²) in [5.74, 6) is -1.58. The van der Waals surface area contributed by atoms with E-state index in [1.54, 1.807) is 12.1 Å². The van der Waals surface area contributed by atoms with Gasteiger partial charge in [0.15, 0.2) is 0 Å². The fraction of sp³-hybridized carbons (Fsp3) is 0.200. The Morgan fingerprint density at radius 2 is 1.78 bits per heavy atom. The van der Waals surface area contributed by atoms with E-state index >= 15 is 0 Å². The largest absolute Gasteiger partial charge is 0.507 e. The van der Waals surface area contributed by atoms with Crippen LogP contribution in [0.1, 0.15) is 40.9 Å². The summed E-state index contributed by atoms with van der Waals surface area (Å²) in [5, 5.41) is 12.8. The maximum absolute atomic E-state index is 13.7. The van der Waals surface area contributed by atoms with Gasteiger partial charge in [0.25, 0.3) is 11.7 Å². The zero-order chi connectivity index (χ0) is 26.4. The zero-order valence-corrected chi connectivity index (χ0v) is 21.8. The Bertz CT molecular complexity index is 1580. The average Bonchev–Trinajstić information content (AvgIpc) is 3.35. The summed E-state index contributed by atoms with van der Waals surface area (Å²) < 4.78 is 5.49. The molecule has 0 bridgehead atoms. The number of hydrogen-bond donors (Lipinski definition) is 2. The fourth-order valence-electron chi connectivity index (χ4n) is 5.17. The van der Waals surface area contributed by atoms with Crippen LogP contribution in [-0.4, -0.2) is 28.9 Å². The lowest BCUT2D eigenvalue weighted by Crippen LogP contribution is -2.29. The number of aryl methyl sites for hydroxylation is 3. The molecule has 2 heterocycles. The molecule has 1 aromatic heterocycles. The van der Waals surface area contributed by atoms with Gasteiger partial charge in [0.2, 0.25) is 0 Å². The van der Waals surface area contributed by atoms with Crippen LogP contribution in [0.15, 0.2) is 66.2 Å². The Labute approximate surface area is 220 Å². The Kier molecular flexibility index (Phi) is 6.30. The number of Topliss-reactive ketones (excluding diaryl/α,β-unsaturated/α-hetero) is 1. The lowest BCUT2D eigenvalue weighted by molar-refractivity contribution is -0.132. The molecule has 188 valence electrons. The molecule has 0 saturated carbocycles. The van der Waals surface area contributed by atoms with E-state index in [-0.39, 0.29) is 22.6 Å². The van der Waals surface area contributed by atoms with E-state index in [2.05, 4.69) is 11.9 Å². The van der Waals surface area contributed by atoms with Crippen molar-refractivity contribution in [3.05, 3.63) is 99.2 Å². The standard InChI is InChI=1S/C30H27ClN2O4/c1-5-18-10-12-19(13-11-18)33-26(24-17(3)32-23-9-7-6-8-20(23)24)25(28(35)30(33)36)27(34)21-14-16(2)15-22(31)29(21)37-4/h6-15,26,32,34H,5H2,1-4H3/b27-25+. The van der Waals surface area contributed by atoms with Gasteiger partial charge < -0.3 is 14.8 Å². The minimum atomic E-state index is -0.868. The van der Waals surface area contributed by atoms with Crippen molar-refractivity contribution in [3.63, 3.8) is 0 Å². The van der Waals surface area contributed by atoms with E-state index in [1.807, 2.05) is 62.4 Å². The first-order valence-electron chi connectivity index (χ1n) is 12.1. The number of para-hydroxylation sites is 1. The highest BCUT2D eigenvalue weighted by atomic mass is 35.5. The number of ketones is 1. The number of nitrogens with one attached hydrogen (secondary N) is 1. The number of benzene rings is 3. The van der Waals surface area contributed by atoms with Crippen molar-refractivity contribution in [1.29, 1.82) is 0 Å². The number of aromatic amines is 1. The third-order valence-corrected chi connectivity index (χ3v) is 7.21. The van der Waals surface area contributed by atoms with Crippen LogP contribution >= 0.6 is 11.6 Å². The predicted octanol–water partition coefficient (Wildman–Crippen LogP) is 6.64. The van der Waals surface area contributed by atoms with Gasteiger partial charge in [-0.3, -0.25) is 14.5 Å². The van der Waals surface area contributed by atoms with E-state index in [0.29, 0.717) is 10.7 Å². The van der Waals surface area contributed by atoms with Crippen LogP contribution in [0.4, 0.5) is 5.69 Å². The molecule has 0 radical (unpaired) electrons. The van der Waals surface area contributed by atoms with E-state index < -0.39 is 17.7 Å². The van der Waals surface area contributed by atoms with E-state index in [9.17, 15) is 14.7 Å². The van der Waals surface area contributed by atoms with Crippen LogP contribution in [0.5, 0.6) is 5.75 Å². The third-order valence-electron chi connectivity index (χ3n) is 6.93. The van der Waals surface area contributed by atoms with Crippen LogP contribution in [0.3, 0.4) is 0 Å². The highest BCUT2D eigenvalue weighted by Crippen LogP contribution is 2.47. The summed E-state index contributed by atoms with van der Waals surface area (Å²) in [6, 6.07) is 17.8. The lowest BCUT2D eigenvalue weighted by atomic mass is 9.92. The van der Waals surface area contributed by atoms with Crippen LogP contribution in [0.25, 0.3) is 16.7 Å². The second kappa shape index (κ2) is 9.45. The van der Waals surface area contributed by atoms with Gasteiger partial charge in [-0.05, 0) is 61.7 Å². The lowest BCUT2D eigenvalue weighted by Gasteiger charge is -2.26. The van der Waals surface area contributed by atoms with Gasteiger partial charge in [0.1, 0.15) is 11.5 Å². The molecule has 1 fully saturated rings. The van der Waals surface area contributed by atoms with Gasteiger partial charge >= 0.3 is 0 Å². The van der Waals surface area contributed by atoms with Crippen molar-refractivity contribution < 1.29 is 19.4 Å². The van der Waals surface area contributed by atoms with Crippen molar-refractivity contribution in [2.75, 3.05) is 12.0 Å². The van der Waals surface area contributed by atoms with Crippen molar-refractivity contribution in [1.82, 2.24) is 4.98 Å². The topological polar surface area (TPSA) is 82.6 Å². The molecule has 1 aliphatic rings. The van der Waals surface area contributed by atoms with Crippen molar-refractivity contribution in [2.24, 2.45) is 0 Å². The second-order valence-electron chi connectivity index (χ2n) is 9.23. The summed E-state index contributed by atoms with van der Waals surface area (Å²) >= 11 is 6.42. The molecule has 4 aromatic rings. The summed E-state index contributed by atoms with van der Waals surface area (Å²) in [4.78, 5) is 32.1. The molecule has 1 aliphatic heterocycles. The Morgan fingerprint density at radius 1 is 1.08 bits per heavy atom. The average molecular weight is 515 g/mol. The van der Waals surface area contributed by atoms with Crippen LogP contribution < -0.4 is 9.64 Å². The van der Waals surface area contributed by atoms with Gasteiger partial charge in [0, 0.05) is 27.8 Å². The number of hydrogen-bond acceptors (Lipinski definition) is 4. The number of fused-ring (bicyclic) bond motifs is 1. The molecule has 7 heteroatoms. The van der Waals surface area contributed by atoms with Crippen LogP contribution in [0, 0.1) is 13.8 Å². The number of halogens is 1. The monoisotopic (exact) mass is 514 g/mol. The molecule has 1 saturated heterocycles. The molecule has 3 aromatic carbocycles. The molecule has 1 unspecified atom stereocenters. The molecule has 5 rings (SSSR count). The summed E-state index contributed by atoms with van der Waals surface area (Å²) in [6.45, 7) is 5.79. The Morgan fingerprint density at radius 3 is 2.46 bits per heavy atom. The first-order valence-corrected chi connectivity index (χ1v) is 12.5. The quantitative estimate of drug-likeness (QED) is 0.178. The van der Waals surface area contributed by atoms with Gasteiger partial charge in [-0.1, -0.05) is 48.9 Å². The zero-order valence-electron chi connectivity index (χ0n) is 21.1. The minimum absolute atomic E-state index is 0.0163. The number of H-pyrrole nitrogens is 1. The third kappa shape index (κ3) is 3.98. The van der Waals surface area contributed by atoms with Crippen LogP contribution in [-0.2, 0) is 16.0 Å². The SMILES string of the molecule is CCc1ccc(N2C(=O)C(=O)/C(=C(/O)c3cc(C)cc(Cl)c3OC)C2c2c(C)[nH]c3ccccc23)cc1. The molecule has 0 spiro atoms. The van der Waals surface area contributed by atoms with E-state index in [0.717, 1.165) is 39.7 Å². The van der Waals surface area contributed by atoms with Crippen molar-refractivity contribution in [3.8, 4) is 5.75 Å². The molecule has 6 nitrogen and oxygen atoms in total. The molecule has 1 amide bonds. The number of aromatic nitrogens is 1. The highest BCUT2D eigenvalue weighted by molar-refractivity contribution is 6.52. The maximum Gasteiger partial charge on any atom is 0.300 e. The minimum Gasteiger partial charge on any atom is -0.507 e. The first kappa shape index (κ1) is 24.7. The molecule has 37 heavy (non-hydrogen) atoms. The van der Waals surface area contributed by atoms with Gasteiger partial charge in [-0.25, -0.2) is 0 Å². The van der Waals surface area contributed by atoms with Gasteiger partial charge in [-0.15, -0.1) is 0 Å². The number of ether oxygens (including phenoxy) is 1. The molecule has 2 N–H and O–H groups in total. The number of anilines is 1. The predicted molar refractivity (Wildman–Crippen MR) is 146 cm³/mol. The number of aliphatic hydroxyl groups is 1. The fourth-order valence-corrected chi connectivity index (χ4v) is 5.52. The van der Waals surface area contributed by atoms with E-state index in [1.165, 1.54) is 12.0 Å². The normalized spacial score (nSPS) is 17.1. The number of aliphatic hydroxyl groups excluding tert-OH is 1. The molecule has 1 atom stereocenters. The first-order chi connectivity index (χ1) is 17.8. The number of amides is 1. The van der Waals surface area contributed by atoms with Gasteiger partial charge in [-0.2, -0.15) is 0 Å². The highest BCUT2D eigenvalue weighted by Gasteiger charge is 2.48. The van der Waals surface area contributed by atoms with Crippen molar-refractivity contribution in [2.45, 2.75) is 33.2 Å². The number of methoxy groups -OCH3 is 1. The van der Waals surface area contributed by atoms with E-state index in [4.69, 9.17) is 16.3 Å². The molecule has 0 aliphatic carbocycles. The number of rotatable bonds is 5. The summed E-state index contributed by atoms with van der Waals surface area (Å²) in [7, 11) is 1.45. The molecular weight excluding hydrogens is 488 g/mol. The Balaban J connectivity index is 1.83. The maximum atomic E-state index is 13.7. The Hall–Kier alpha value is -4.03. The van der Waals surface area contributed by atoms with Gasteiger partial charge in [0.05, 0.1) is 29.3 Å². The second-order valence-corrected chi connectivity index (χ2v) is 9.63. The molecular formula is C30H27ClN2O4. The summed E-state index contributed by atoms with van der Waals surface area (Å²) in [6.07, 6.45) is 0.845.